The number of sulfonamides is 1. The maximum absolute atomic E-state index is 12.6. The fraction of sp³-hybridized carbons (Fsp3) is 0.385. The molecular weight excluding hydrogens is 452 g/mol. The van der Waals surface area contributed by atoms with Crippen LogP contribution in [-0.2, 0) is 31.4 Å². The summed E-state index contributed by atoms with van der Waals surface area (Å²) in [5, 5.41) is 0. The SMILES string of the molecule is COc1c(-c2ccc3c(c2)CCC3NS(C)(=O)=O)cc(N2C=CC(=O)CC2=O)cc1C(C)(C)C. The Morgan fingerprint density at radius 2 is 1.85 bits per heavy atom. The van der Waals surface area contributed by atoms with Crippen LogP contribution in [0.15, 0.2) is 42.6 Å². The van der Waals surface area contributed by atoms with Gasteiger partial charge in [-0.25, -0.2) is 13.1 Å². The summed E-state index contributed by atoms with van der Waals surface area (Å²) in [7, 11) is -1.67. The number of nitrogens with zero attached hydrogens (tertiary/aromatic N) is 1. The lowest BCUT2D eigenvalue weighted by atomic mass is 9.83. The summed E-state index contributed by atoms with van der Waals surface area (Å²) in [6, 6.07) is 9.63. The molecule has 1 heterocycles. The number of anilines is 1. The molecule has 0 radical (unpaired) electrons. The second-order valence-corrected chi connectivity index (χ2v) is 11.7. The average molecular weight is 483 g/mol. The minimum absolute atomic E-state index is 0.156. The molecule has 1 aliphatic carbocycles. The summed E-state index contributed by atoms with van der Waals surface area (Å²) in [6.45, 7) is 6.25. The van der Waals surface area contributed by atoms with Crippen molar-refractivity contribution < 1.29 is 22.7 Å². The first-order valence-electron chi connectivity index (χ1n) is 11.2. The molecule has 1 atom stereocenters. The van der Waals surface area contributed by atoms with Crippen LogP contribution in [0.4, 0.5) is 5.69 Å². The van der Waals surface area contributed by atoms with Gasteiger partial charge in [-0.15, -0.1) is 0 Å². The monoisotopic (exact) mass is 482 g/mol. The number of carbonyl (C=O) groups excluding carboxylic acids is 2. The number of hydrogen-bond donors (Lipinski definition) is 1. The number of ether oxygens (including phenoxy) is 1. The third-order valence-corrected chi connectivity index (χ3v) is 6.97. The topological polar surface area (TPSA) is 92.8 Å². The van der Waals surface area contributed by atoms with E-state index in [1.807, 2.05) is 24.3 Å². The van der Waals surface area contributed by atoms with Gasteiger partial charge in [-0.05, 0) is 53.2 Å². The predicted molar refractivity (Wildman–Crippen MR) is 132 cm³/mol. The number of amides is 1. The molecule has 1 aliphatic heterocycles. The number of hydrogen-bond acceptors (Lipinski definition) is 5. The Bertz CT molecular complexity index is 1310. The number of aryl methyl sites for hydroxylation is 1. The maximum Gasteiger partial charge on any atom is 0.238 e. The Kier molecular flexibility index (Phi) is 6.16. The van der Waals surface area contributed by atoms with Gasteiger partial charge in [-0.3, -0.25) is 14.5 Å². The van der Waals surface area contributed by atoms with Crippen LogP contribution in [0.25, 0.3) is 11.1 Å². The van der Waals surface area contributed by atoms with Crippen LogP contribution in [0.1, 0.15) is 56.3 Å². The number of nitrogens with one attached hydrogen (secondary N) is 1. The third-order valence-electron chi connectivity index (χ3n) is 6.26. The summed E-state index contributed by atoms with van der Waals surface area (Å²) >= 11 is 0. The van der Waals surface area contributed by atoms with Crippen molar-refractivity contribution in [2.45, 2.75) is 51.5 Å². The predicted octanol–water partition coefficient (Wildman–Crippen LogP) is 4.02. The van der Waals surface area contributed by atoms with Gasteiger partial charge in [-0.2, -0.15) is 0 Å². The van der Waals surface area contributed by atoms with Crippen LogP contribution < -0.4 is 14.4 Å². The Hall–Kier alpha value is -2.97. The van der Waals surface area contributed by atoms with Crippen molar-refractivity contribution in [2.75, 3.05) is 18.3 Å². The average Bonchev–Trinajstić information content (AvgIpc) is 3.12. The zero-order valence-electron chi connectivity index (χ0n) is 20.1. The number of rotatable bonds is 5. The molecule has 0 spiro atoms. The van der Waals surface area contributed by atoms with Crippen LogP contribution in [0.5, 0.6) is 5.75 Å². The van der Waals surface area contributed by atoms with Crippen molar-refractivity contribution in [1.82, 2.24) is 4.72 Å². The minimum atomic E-state index is -3.31. The van der Waals surface area contributed by atoms with Crippen LogP contribution >= 0.6 is 0 Å². The lowest BCUT2D eigenvalue weighted by molar-refractivity contribution is -0.124. The minimum Gasteiger partial charge on any atom is -0.496 e. The van der Waals surface area contributed by atoms with Crippen molar-refractivity contribution in [1.29, 1.82) is 0 Å². The lowest BCUT2D eigenvalue weighted by Gasteiger charge is -2.28. The summed E-state index contributed by atoms with van der Waals surface area (Å²) < 4.78 is 32.1. The van der Waals surface area contributed by atoms with Crippen LogP contribution in [0.3, 0.4) is 0 Å². The van der Waals surface area contributed by atoms with E-state index in [4.69, 9.17) is 4.74 Å². The van der Waals surface area contributed by atoms with Gasteiger partial charge in [0, 0.05) is 29.1 Å². The second-order valence-electron chi connectivity index (χ2n) is 9.94. The van der Waals surface area contributed by atoms with Crippen LogP contribution in [0, 0.1) is 0 Å². The molecule has 34 heavy (non-hydrogen) atoms. The number of benzene rings is 2. The van der Waals surface area contributed by atoms with Gasteiger partial charge in [0.05, 0.1) is 19.8 Å². The van der Waals surface area contributed by atoms with Gasteiger partial charge < -0.3 is 4.74 Å². The van der Waals surface area contributed by atoms with E-state index >= 15 is 0 Å². The van der Waals surface area contributed by atoms with Crippen molar-refractivity contribution in [2.24, 2.45) is 0 Å². The number of allylic oxidation sites excluding steroid dienone is 1. The molecule has 7 nitrogen and oxygen atoms in total. The summed E-state index contributed by atoms with van der Waals surface area (Å²) in [4.78, 5) is 25.8. The molecule has 1 amide bonds. The van der Waals surface area contributed by atoms with Crippen molar-refractivity contribution in [3.8, 4) is 16.9 Å². The van der Waals surface area contributed by atoms with E-state index in [-0.39, 0.29) is 29.6 Å². The van der Waals surface area contributed by atoms with Gasteiger partial charge in [-0.1, -0.05) is 39.0 Å². The summed E-state index contributed by atoms with van der Waals surface area (Å²) in [5.41, 5.74) is 5.17. The zero-order chi connectivity index (χ0) is 24.8. The van der Waals surface area contributed by atoms with Crippen molar-refractivity contribution in [3.63, 3.8) is 0 Å². The Balaban J connectivity index is 1.85. The standard InChI is InChI=1S/C26H30N2O5S/c1-26(2,3)22-14-18(28-11-10-19(29)15-24(28)30)13-21(25(22)33-4)17-6-8-20-16(12-17)7-9-23(20)27-34(5,31)32/h6,8,10-14,23,27H,7,9,15H2,1-5H3. The van der Waals surface area contributed by atoms with Crippen molar-refractivity contribution >= 4 is 27.4 Å². The molecule has 4 rings (SSSR count). The molecule has 180 valence electrons. The van der Waals surface area contributed by atoms with E-state index < -0.39 is 10.0 Å². The molecule has 0 aromatic heterocycles. The first-order chi connectivity index (χ1) is 15.9. The van der Waals surface area contributed by atoms with Gasteiger partial charge in [0.2, 0.25) is 15.9 Å². The largest absolute Gasteiger partial charge is 0.496 e. The number of ketones is 1. The molecule has 0 bridgehead atoms. The fourth-order valence-electron chi connectivity index (χ4n) is 4.67. The van der Waals surface area contributed by atoms with Crippen molar-refractivity contribution in [3.05, 3.63) is 59.3 Å². The molecule has 2 aliphatic rings. The number of methoxy groups -OCH3 is 1. The normalized spacial score (nSPS) is 18.4. The zero-order valence-corrected chi connectivity index (χ0v) is 21.0. The van der Waals surface area contributed by atoms with Crippen LogP contribution in [0.2, 0.25) is 0 Å². The molecule has 0 fully saturated rings. The van der Waals surface area contributed by atoms with E-state index in [2.05, 4.69) is 31.6 Å². The van der Waals surface area contributed by atoms with E-state index in [0.29, 0.717) is 12.1 Å². The summed E-state index contributed by atoms with van der Waals surface area (Å²) in [6.07, 6.45) is 5.43. The quantitative estimate of drug-likeness (QED) is 0.650. The van der Waals surface area contributed by atoms with E-state index in [9.17, 15) is 18.0 Å². The highest BCUT2D eigenvalue weighted by atomic mass is 32.2. The Morgan fingerprint density at radius 3 is 2.47 bits per heavy atom. The third kappa shape index (κ3) is 4.79. The maximum atomic E-state index is 12.6. The molecule has 1 unspecified atom stereocenters. The molecular formula is C26H30N2O5S. The summed E-state index contributed by atoms with van der Waals surface area (Å²) in [5.74, 6) is 0.249. The first-order valence-corrected chi connectivity index (χ1v) is 13.1. The highest BCUT2D eigenvalue weighted by molar-refractivity contribution is 7.88. The number of carbonyl (C=O) groups is 2. The highest BCUT2D eigenvalue weighted by Gasteiger charge is 2.29. The Morgan fingerprint density at radius 1 is 1.12 bits per heavy atom. The molecule has 2 aromatic rings. The smallest absolute Gasteiger partial charge is 0.238 e. The van der Waals surface area contributed by atoms with Gasteiger partial charge in [0.25, 0.3) is 0 Å². The molecule has 0 saturated carbocycles. The lowest BCUT2D eigenvalue weighted by Crippen LogP contribution is -2.31. The molecule has 0 saturated heterocycles. The number of fused-ring (bicyclic) bond motifs is 1. The molecule has 2 aromatic carbocycles. The van der Waals surface area contributed by atoms with Gasteiger partial charge >= 0.3 is 0 Å². The molecule has 8 heteroatoms. The molecule has 1 N–H and O–H groups in total. The second kappa shape index (κ2) is 8.67. The van der Waals surface area contributed by atoms with Gasteiger partial charge in [0.1, 0.15) is 5.75 Å². The van der Waals surface area contributed by atoms with E-state index in [1.165, 1.54) is 23.4 Å². The van der Waals surface area contributed by atoms with Crippen LogP contribution in [-0.4, -0.2) is 33.5 Å². The highest BCUT2D eigenvalue weighted by Crippen LogP contribution is 2.44. The Labute approximate surface area is 200 Å². The van der Waals surface area contributed by atoms with Gasteiger partial charge in [0.15, 0.2) is 5.78 Å². The fourth-order valence-corrected chi connectivity index (χ4v) is 5.44. The van der Waals surface area contributed by atoms with E-state index in [0.717, 1.165) is 40.0 Å². The first kappa shape index (κ1) is 24.2. The van der Waals surface area contributed by atoms with E-state index in [1.54, 1.807) is 7.11 Å².